The SMILES string of the molecule is COc1cccc(C(O)C=C[C@@H]2[C@@H]3CC(CCOCC(=O)O)C[C@H]3C[C@H]2O)c1. The molecule has 2 aliphatic carbocycles. The lowest BCUT2D eigenvalue weighted by molar-refractivity contribution is -0.142. The molecule has 6 atom stereocenters. The highest BCUT2D eigenvalue weighted by Gasteiger charge is 2.46. The summed E-state index contributed by atoms with van der Waals surface area (Å²) in [5.41, 5.74) is 0.763. The van der Waals surface area contributed by atoms with Gasteiger partial charge in [0.2, 0.25) is 0 Å². The monoisotopic (exact) mass is 390 g/mol. The summed E-state index contributed by atoms with van der Waals surface area (Å²) in [6.07, 6.45) is 6.37. The lowest BCUT2D eigenvalue weighted by Gasteiger charge is -2.19. The number of aliphatic carboxylic acids is 1. The average Bonchev–Trinajstić information content (AvgIpc) is 3.19. The van der Waals surface area contributed by atoms with Crippen LogP contribution < -0.4 is 4.74 Å². The highest BCUT2D eigenvalue weighted by Crippen LogP contribution is 2.51. The first-order chi connectivity index (χ1) is 13.5. The summed E-state index contributed by atoms with van der Waals surface area (Å²) in [4.78, 5) is 10.5. The molecule has 0 saturated heterocycles. The van der Waals surface area contributed by atoms with Crippen LogP contribution in [0.1, 0.15) is 37.4 Å². The first-order valence-corrected chi connectivity index (χ1v) is 9.96. The Hall–Kier alpha value is -1.89. The highest BCUT2D eigenvalue weighted by molar-refractivity contribution is 5.67. The number of carboxylic acids is 1. The van der Waals surface area contributed by atoms with Crippen LogP contribution in [-0.4, -0.2) is 47.7 Å². The van der Waals surface area contributed by atoms with Gasteiger partial charge in [-0.25, -0.2) is 4.79 Å². The van der Waals surface area contributed by atoms with Crippen molar-refractivity contribution >= 4 is 5.97 Å². The van der Waals surface area contributed by atoms with E-state index in [4.69, 9.17) is 14.6 Å². The Kier molecular flexibility index (Phi) is 7.10. The molecule has 0 spiro atoms. The Balaban J connectivity index is 1.55. The third-order valence-electron chi connectivity index (χ3n) is 6.18. The number of benzene rings is 1. The van der Waals surface area contributed by atoms with E-state index in [1.807, 2.05) is 30.3 Å². The summed E-state index contributed by atoms with van der Waals surface area (Å²) in [5, 5.41) is 29.6. The van der Waals surface area contributed by atoms with Crippen LogP contribution in [0.25, 0.3) is 0 Å². The minimum absolute atomic E-state index is 0.0511. The third-order valence-corrected chi connectivity index (χ3v) is 6.18. The summed E-state index contributed by atoms with van der Waals surface area (Å²) < 4.78 is 10.4. The van der Waals surface area contributed by atoms with E-state index in [9.17, 15) is 15.0 Å². The first-order valence-electron chi connectivity index (χ1n) is 9.96. The second-order valence-corrected chi connectivity index (χ2v) is 7.98. The molecule has 0 radical (unpaired) electrons. The Bertz CT molecular complexity index is 687. The molecule has 1 aromatic rings. The van der Waals surface area contributed by atoms with E-state index in [2.05, 4.69) is 0 Å². The van der Waals surface area contributed by atoms with Gasteiger partial charge in [-0.3, -0.25) is 0 Å². The Morgan fingerprint density at radius 3 is 2.89 bits per heavy atom. The largest absolute Gasteiger partial charge is 0.497 e. The van der Waals surface area contributed by atoms with Crippen LogP contribution in [0.2, 0.25) is 0 Å². The van der Waals surface area contributed by atoms with Crippen molar-refractivity contribution in [3.63, 3.8) is 0 Å². The lowest BCUT2D eigenvalue weighted by atomic mass is 9.89. The zero-order chi connectivity index (χ0) is 20.1. The zero-order valence-corrected chi connectivity index (χ0v) is 16.2. The Labute approximate surface area is 165 Å². The molecule has 0 heterocycles. The molecule has 6 heteroatoms. The quantitative estimate of drug-likeness (QED) is 0.443. The second-order valence-electron chi connectivity index (χ2n) is 7.98. The molecule has 0 bridgehead atoms. The van der Waals surface area contributed by atoms with E-state index in [1.165, 1.54) is 0 Å². The van der Waals surface area contributed by atoms with E-state index < -0.39 is 12.1 Å². The van der Waals surface area contributed by atoms with Crippen molar-refractivity contribution in [3.05, 3.63) is 42.0 Å². The van der Waals surface area contributed by atoms with Crippen molar-refractivity contribution in [3.8, 4) is 5.75 Å². The van der Waals surface area contributed by atoms with Gasteiger partial charge in [0, 0.05) is 12.5 Å². The van der Waals surface area contributed by atoms with Crippen molar-refractivity contribution in [1.82, 2.24) is 0 Å². The molecule has 2 saturated carbocycles. The molecule has 2 unspecified atom stereocenters. The minimum atomic E-state index is -0.939. The zero-order valence-electron chi connectivity index (χ0n) is 16.2. The van der Waals surface area contributed by atoms with Crippen LogP contribution >= 0.6 is 0 Å². The number of aliphatic hydroxyl groups excluding tert-OH is 2. The van der Waals surface area contributed by atoms with E-state index in [1.54, 1.807) is 13.2 Å². The Morgan fingerprint density at radius 2 is 2.14 bits per heavy atom. The second kappa shape index (κ2) is 9.54. The van der Waals surface area contributed by atoms with Crippen LogP contribution in [0.3, 0.4) is 0 Å². The van der Waals surface area contributed by atoms with Gasteiger partial charge in [0.15, 0.2) is 0 Å². The van der Waals surface area contributed by atoms with Gasteiger partial charge in [0.1, 0.15) is 12.4 Å². The first kappa shape index (κ1) is 20.8. The molecule has 2 fully saturated rings. The van der Waals surface area contributed by atoms with Crippen molar-refractivity contribution in [2.24, 2.45) is 23.7 Å². The summed E-state index contributed by atoms with van der Waals surface area (Å²) in [6, 6.07) is 7.35. The van der Waals surface area contributed by atoms with Gasteiger partial charge in [-0.1, -0.05) is 24.3 Å². The lowest BCUT2D eigenvalue weighted by Crippen LogP contribution is -2.18. The number of carbonyl (C=O) groups is 1. The van der Waals surface area contributed by atoms with Gasteiger partial charge in [-0.05, 0) is 61.1 Å². The van der Waals surface area contributed by atoms with E-state index >= 15 is 0 Å². The number of carboxylic acid groups (broad SMARTS) is 1. The van der Waals surface area contributed by atoms with Gasteiger partial charge in [0.05, 0.1) is 19.3 Å². The maximum atomic E-state index is 10.5. The summed E-state index contributed by atoms with van der Waals surface area (Å²) in [6.45, 7) is 0.222. The number of hydrogen-bond donors (Lipinski definition) is 3. The topological polar surface area (TPSA) is 96.2 Å². The molecule has 0 aromatic heterocycles. The molecule has 6 nitrogen and oxygen atoms in total. The molecule has 2 aliphatic rings. The van der Waals surface area contributed by atoms with E-state index in [0.717, 1.165) is 31.2 Å². The molecule has 1 aromatic carbocycles. The predicted molar refractivity (Wildman–Crippen MR) is 104 cm³/mol. The van der Waals surface area contributed by atoms with Gasteiger partial charge in [-0.2, -0.15) is 0 Å². The molecule has 3 rings (SSSR count). The van der Waals surface area contributed by atoms with E-state index in [0.29, 0.717) is 30.1 Å². The third kappa shape index (κ3) is 5.13. The molecular weight excluding hydrogens is 360 g/mol. The molecule has 3 N–H and O–H groups in total. The molecule has 0 amide bonds. The molecule has 154 valence electrons. The fourth-order valence-electron chi connectivity index (χ4n) is 4.86. The number of methoxy groups -OCH3 is 1. The molecule has 28 heavy (non-hydrogen) atoms. The van der Waals surface area contributed by atoms with Gasteiger partial charge < -0.3 is 24.8 Å². The number of rotatable bonds is 9. The Morgan fingerprint density at radius 1 is 1.32 bits per heavy atom. The van der Waals surface area contributed by atoms with Crippen molar-refractivity contribution < 1.29 is 29.6 Å². The van der Waals surface area contributed by atoms with Crippen molar-refractivity contribution in [2.45, 2.75) is 37.9 Å². The maximum Gasteiger partial charge on any atom is 0.329 e. The van der Waals surface area contributed by atoms with Crippen molar-refractivity contribution in [2.75, 3.05) is 20.3 Å². The summed E-state index contributed by atoms with van der Waals surface area (Å²) >= 11 is 0. The molecule has 0 aliphatic heterocycles. The highest BCUT2D eigenvalue weighted by atomic mass is 16.5. The van der Waals surface area contributed by atoms with Crippen LogP contribution in [0, 0.1) is 23.7 Å². The van der Waals surface area contributed by atoms with Crippen molar-refractivity contribution in [1.29, 1.82) is 0 Å². The number of ether oxygens (including phenoxy) is 2. The maximum absolute atomic E-state index is 10.5. The van der Waals surface area contributed by atoms with Crippen LogP contribution in [0.4, 0.5) is 0 Å². The minimum Gasteiger partial charge on any atom is -0.497 e. The van der Waals surface area contributed by atoms with E-state index in [-0.39, 0.29) is 18.6 Å². The van der Waals surface area contributed by atoms with Crippen LogP contribution in [0.5, 0.6) is 5.75 Å². The smallest absolute Gasteiger partial charge is 0.329 e. The normalized spacial score (nSPS) is 30.5. The fraction of sp³-hybridized carbons (Fsp3) is 0.591. The average molecular weight is 390 g/mol. The van der Waals surface area contributed by atoms with Gasteiger partial charge in [-0.15, -0.1) is 0 Å². The van der Waals surface area contributed by atoms with Gasteiger partial charge in [0.25, 0.3) is 0 Å². The summed E-state index contributed by atoms with van der Waals surface area (Å²) in [7, 11) is 1.60. The van der Waals surface area contributed by atoms with Crippen LogP contribution in [-0.2, 0) is 9.53 Å². The van der Waals surface area contributed by atoms with Crippen LogP contribution in [0.15, 0.2) is 36.4 Å². The number of fused-ring (bicyclic) bond motifs is 1. The number of hydrogen-bond acceptors (Lipinski definition) is 5. The standard InChI is InChI=1S/C22H30O6/c1-27-17-4-2-3-15(11-17)20(23)6-5-18-19-10-14(7-8-28-13-22(25)26)9-16(19)12-21(18)24/h2-6,11,14,16,18-21,23-24H,7-10,12-13H2,1H3,(H,25,26)/t14?,16-,18+,19+,20?,21+/m0/s1. The van der Waals surface area contributed by atoms with Gasteiger partial charge >= 0.3 is 5.97 Å². The molecular formula is C22H30O6. The predicted octanol–water partition coefficient (Wildman–Crippen LogP) is 2.80. The number of aliphatic hydroxyl groups is 2. The fourth-order valence-corrected chi connectivity index (χ4v) is 4.86. The summed E-state index contributed by atoms with van der Waals surface area (Å²) in [5.74, 6) is 1.22.